The molecule has 0 aliphatic carbocycles. The number of hydrogen-bond donors (Lipinski definition) is 1. The van der Waals surface area contributed by atoms with E-state index in [0.29, 0.717) is 0 Å². The number of benzene rings is 2. The van der Waals surface area contributed by atoms with E-state index in [1.165, 1.54) is 11.4 Å². The lowest BCUT2D eigenvalue weighted by atomic mass is 10.1. The molecule has 0 fully saturated rings. The van der Waals surface area contributed by atoms with E-state index in [1.54, 1.807) is 0 Å². The van der Waals surface area contributed by atoms with Gasteiger partial charge in [0.1, 0.15) is 11.7 Å². The SMILES string of the molecule is CCN(CC)c1ccc2cc(C3N(C)c4ccccc4N3C)c(=N)oc2c1. The Labute approximate surface area is 159 Å². The van der Waals surface area contributed by atoms with Crippen LogP contribution in [-0.2, 0) is 0 Å². The number of fused-ring (bicyclic) bond motifs is 2. The molecule has 5 heteroatoms. The molecule has 3 aromatic rings. The van der Waals surface area contributed by atoms with Crippen molar-refractivity contribution in [1.29, 1.82) is 5.41 Å². The highest BCUT2D eigenvalue weighted by molar-refractivity contribution is 5.82. The monoisotopic (exact) mass is 362 g/mol. The second-order valence-corrected chi connectivity index (χ2v) is 7.01. The number of hydrogen-bond acceptors (Lipinski definition) is 5. The van der Waals surface area contributed by atoms with Crippen LogP contribution in [0.2, 0.25) is 0 Å². The first-order valence-electron chi connectivity index (χ1n) is 9.47. The number of nitrogens with one attached hydrogen (secondary N) is 1. The van der Waals surface area contributed by atoms with Crippen molar-refractivity contribution >= 4 is 28.0 Å². The van der Waals surface area contributed by atoms with Gasteiger partial charge in [0, 0.05) is 44.3 Å². The third kappa shape index (κ3) is 2.74. The average Bonchev–Trinajstić information content (AvgIpc) is 2.93. The van der Waals surface area contributed by atoms with Gasteiger partial charge in [0.2, 0.25) is 5.55 Å². The zero-order valence-corrected chi connectivity index (χ0v) is 16.4. The number of rotatable bonds is 4. The summed E-state index contributed by atoms with van der Waals surface area (Å²) in [4.78, 5) is 6.68. The summed E-state index contributed by atoms with van der Waals surface area (Å²) >= 11 is 0. The zero-order valence-electron chi connectivity index (χ0n) is 16.4. The molecule has 0 bridgehead atoms. The van der Waals surface area contributed by atoms with Gasteiger partial charge in [-0.25, -0.2) is 0 Å². The third-order valence-corrected chi connectivity index (χ3v) is 5.56. The molecule has 4 rings (SSSR count). The Balaban J connectivity index is 1.79. The lowest BCUT2D eigenvalue weighted by molar-refractivity contribution is 0.507. The topological polar surface area (TPSA) is 46.7 Å². The van der Waals surface area contributed by atoms with Gasteiger partial charge in [0.05, 0.1) is 16.9 Å². The summed E-state index contributed by atoms with van der Waals surface area (Å²) in [5.41, 5.74) is 5.32. The maximum atomic E-state index is 8.54. The van der Waals surface area contributed by atoms with Gasteiger partial charge in [-0.05, 0) is 44.2 Å². The largest absolute Gasteiger partial charge is 0.438 e. The molecule has 1 N–H and O–H groups in total. The highest BCUT2D eigenvalue weighted by Gasteiger charge is 2.33. The van der Waals surface area contributed by atoms with E-state index in [2.05, 4.69) is 73.0 Å². The van der Waals surface area contributed by atoms with Crippen molar-refractivity contribution in [2.45, 2.75) is 20.0 Å². The quantitative estimate of drug-likeness (QED) is 0.750. The minimum absolute atomic E-state index is 0.0505. The van der Waals surface area contributed by atoms with Gasteiger partial charge in [0.15, 0.2) is 0 Å². The summed E-state index contributed by atoms with van der Waals surface area (Å²) in [5, 5.41) is 9.56. The summed E-state index contributed by atoms with van der Waals surface area (Å²) < 4.78 is 5.97. The van der Waals surface area contributed by atoms with Gasteiger partial charge in [-0.3, -0.25) is 5.41 Å². The first-order valence-corrected chi connectivity index (χ1v) is 9.47. The van der Waals surface area contributed by atoms with E-state index in [0.717, 1.165) is 35.3 Å². The maximum absolute atomic E-state index is 8.54. The summed E-state index contributed by atoms with van der Waals surface area (Å²) in [6.45, 7) is 6.19. The van der Waals surface area contributed by atoms with E-state index in [4.69, 9.17) is 9.83 Å². The Kier molecular flexibility index (Phi) is 4.30. The average molecular weight is 362 g/mol. The highest BCUT2D eigenvalue weighted by atomic mass is 16.3. The van der Waals surface area contributed by atoms with Crippen LogP contribution in [0.15, 0.2) is 52.9 Å². The van der Waals surface area contributed by atoms with Crippen LogP contribution in [0.25, 0.3) is 11.0 Å². The van der Waals surface area contributed by atoms with Crippen LogP contribution < -0.4 is 20.3 Å². The number of para-hydroxylation sites is 2. The van der Waals surface area contributed by atoms with Crippen molar-refractivity contribution in [3.05, 3.63) is 59.6 Å². The summed E-state index contributed by atoms with van der Waals surface area (Å²) in [6, 6.07) is 16.7. The molecule has 0 unspecified atom stereocenters. The van der Waals surface area contributed by atoms with Crippen LogP contribution in [0, 0.1) is 5.41 Å². The summed E-state index contributed by atoms with van der Waals surface area (Å²) in [6.07, 6.45) is -0.0505. The first kappa shape index (κ1) is 17.5. The van der Waals surface area contributed by atoms with Gasteiger partial charge < -0.3 is 19.1 Å². The van der Waals surface area contributed by atoms with Crippen molar-refractivity contribution < 1.29 is 4.42 Å². The van der Waals surface area contributed by atoms with Gasteiger partial charge in [-0.1, -0.05) is 12.1 Å². The Bertz CT molecular complexity index is 1010. The fourth-order valence-corrected chi connectivity index (χ4v) is 4.11. The van der Waals surface area contributed by atoms with Crippen molar-refractivity contribution in [1.82, 2.24) is 0 Å². The number of anilines is 3. The van der Waals surface area contributed by atoms with Crippen LogP contribution in [0.3, 0.4) is 0 Å². The van der Waals surface area contributed by atoms with Crippen molar-refractivity contribution in [2.75, 3.05) is 41.9 Å². The molecule has 0 saturated heterocycles. The van der Waals surface area contributed by atoms with Gasteiger partial charge in [0.25, 0.3) is 0 Å². The molecule has 2 aromatic carbocycles. The fraction of sp³-hybridized carbons (Fsp3) is 0.318. The summed E-state index contributed by atoms with van der Waals surface area (Å²) in [5.74, 6) is 0. The molecule has 0 radical (unpaired) electrons. The highest BCUT2D eigenvalue weighted by Crippen LogP contribution is 2.43. The molecular weight excluding hydrogens is 336 g/mol. The van der Waals surface area contributed by atoms with Gasteiger partial charge >= 0.3 is 0 Å². The van der Waals surface area contributed by atoms with E-state index in [1.807, 2.05) is 18.2 Å². The van der Waals surface area contributed by atoms with Crippen molar-refractivity contribution in [3.8, 4) is 0 Å². The number of nitrogens with zero attached hydrogens (tertiary/aromatic N) is 3. The molecule has 1 aliphatic heterocycles. The Morgan fingerprint density at radius 2 is 1.59 bits per heavy atom. The Hall–Kier alpha value is -2.95. The van der Waals surface area contributed by atoms with E-state index < -0.39 is 0 Å². The fourth-order valence-electron chi connectivity index (χ4n) is 4.11. The van der Waals surface area contributed by atoms with Crippen LogP contribution >= 0.6 is 0 Å². The minimum Gasteiger partial charge on any atom is -0.438 e. The summed E-state index contributed by atoms with van der Waals surface area (Å²) in [7, 11) is 4.14. The van der Waals surface area contributed by atoms with Gasteiger partial charge in [-0.2, -0.15) is 0 Å². The van der Waals surface area contributed by atoms with Crippen LogP contribution in [-0.4, -0.2) is 27.2 Å². The molecule has 140 valence electrons. The van der Waals surface area contributed by atoms with E-state index in [-0.39, 0.29) is 11.7 Å². The van der Waals surface area contributed by atoms with Crippen LogP contribution in [0.5, 0.6) is 0 Å². The third-order valence-electron chi connectivity index (χ3n) is 5.56. The lowest BCUT2D eigenvalue weighted by Crippen LogP contribution is -2.34. The molecule has 0 atom stereocenters. The van der Waals surface area contributed by atoms with Crippen LogP contribution in [0.4, 0.5) is 17.1 Å². The molecule has 1 aliphatic rings. The predicted octanol–water partition coefficient (Wildman–Crippen LogP) is 4.34. The lowest BCUT2D eigenvalue weighted by Gasteiger charge is -2.28. The van der Waals surface area contributed by atoms with Crippen molar-refractivity contribution in [3.63, 3.8) is 0 Å². The molecule has 27 heavy (non-hydrogen) atoms. The van der Waals surface area contributed by atoms with Crippen molar-refractivity contribution in [2.24, 2.45) is 0 Å². The molecule has 1 aromatic heterocycles. The second kappa shape index (κ2) is 6.65. The second-order valence-electron chi connectivity index (χ2n) is 7.01. The molecular formula is C22H26N4O. The van der Waals surface area contributed by atoms with Gasteiger partial charge in [-0.15, -0.1) is 0 Å². The smallest absolute Gasteiger partial charge is 0.219 e. The van der Waals surface area contributed by atoms with E-state index >= 15 is 0 Å². The normalized spacial score (nSPS) is 14.1. The first-order chi connectivity index (χ1) is 13.0. The maximum Gasteiger partial charge on any atom is 0.219 e. The van der Waals surface area contributed by atoms with Crippen LogP contribution in [0.1, 0.15) is 25.6 Å². The molecule has 0 spiro atoms. The molecule has 0 amide bonds. The molecule has 2 heterocycles. The molecule has 5 nitrogen and oxygen atoms in total. The Morgan fingerprint density at radius 1 is 0.963 bits per heavy atom. The van der Waals surface area contributed by atoms with E-state index in [9.17, 15) is 0 Å². The minimum atomic E-state index is -0.0505. The standard InChI is InChI=1S/C22H26N4O/c1-5-26(6-2)16-12-11-15-13-17(21(23)27-20(15)14-16)22-24(3)18-9-7-8-10-19(18)25(22)4/h7-14,22-23H,5-6H2,1-4H3. The zero-order chi connectivity index (χ0) is 19.1. The predicted molar refractivity (Wildman–Crippen MR) is 112 cm³/mol. The molecule has 0 saturated carbocycles. The Morgan fingerprint density at radius 3 is 2.19 bits per heavy atom.